The Balaban J connectivity index is 2.15. The maximum absolute atomic E-state index is 11.2. The monoisotopic (exact) mass is 316 g/mol. The molecule has 1 heterocycles. The zero-order chi connectivity index (χ0) is 12.7. The van der Waals surface area contributed by atoms with Crippen molar-refractivity contribution < 1.29 is 13.0 Å². The summed E-state index contributed by atoms with van der Waals surface area (Å²) < 4.78 is 31.5. The molecule has 1 saturated heterocycles. The summed E-state index contributed by atoms with van der Waals surface area (Å²) in [6, 6.07) is 0. The minimum absolute atomic E-state index is 0.461. The molecule has 1 aliphatic heterocycles. The van der Waals surface area contributed by atoms with Gasteiger partial charge in [0, 0.05) is 22.5 Å². The Labute approximate surface area is 117 Å². The maximum Gasteiger partial charge on any atom is 0.267 e. The fourth-order valence-electron chi connectivity index (χ4n) is 1.46. The Kier molecular flexibility index (Phi) is 7.72. The molecule has 0 bridgehead atoms. The van der Waals surface area contributed by atoms with Crippen LogP contribution in [-0.4, -0.2) is 52.2 Å². The van der Waals surface area contributed by atoms with E-state index in [9.17, 15) is 8.42 Å². The van der Waals surface area contributed by atoms with Crippen LogP contribution in [0.15, 0.2) is 0 Å². The molecule has 7 heteroatoms. The normalized spacial score (nSPS) is 21.4. The summed E-state index contributed by atoms with van der Waals surface area (Å²) in [7, 11) is -3.85. The second-order valence-electron chi connectivity index (χ2n) is 3.93. The van der Waals surface area contributed by atoms with Crippen molar-refractivity contribution in [2.24, 2.45) is 0 Å². The smallest absolute Gasteiger partial charge is 0.267 e. The van der Waals surface area contributed by atoms with Gasteiger partial charge in [0.25, 0.3) is 10.1 Å². The molecule has 2 atom stereocenters. The second-order valence-corrected chi connectivity index (χ2v) is 9.57. The average Bonchev–Trinajstić information content (AvgIpc) is 3.03. The highest BCUT2D eigenvalue weighted by Gasteiger charge is 2.32. The average molecular weight is 317 g/mol. The third-order valence-electron chi connectivity index (χ3n) is 2.51. The van der Waals surface area contributed by atoms with E-state index in [1.165, 1.54) is 0 Å². The Morgan fingerprint density at radius 1 is 1.35 bits per heavy atom. The van der Waals surface area contributed by atoms with Crippen LogP contribution in [-0.2, 0) is 10.1 Å². The van der Waals surface area contributed by atoms with E-state index in [1.807, 2.05) is 11.8 Å². The van der Waals surface area contributed by atoms with Crippen LogP contribution in [0.25, 0.3) is 0 Å². The Hall–Kier alpha value is 0.960. The summed E-state index contributed by atoms with van der Waals surface area (Å²) in [4.78, 5) is 0. The first kappa shape index (κ1) is 16.0. The molecule has 0 aromatic carbocycles. The molecular weight excluding hydrogens is 296 g/mol. The lowest BCUT2D eigenvalue weighted by molar-refractivity contribution is 0.460. The minimum atomic E-state index is -3.85. The first-order chi connectivity index (χ1) is 8.04. The fourth-order valence-corrected chi connectivity index (χ4v) is 5.15. The highest BCUT2D eigenvalue weighted by molar-refractivity contribution is 8.06. The molecule has 1 fully saturated rings. The molecule has 1 N–H and O–H groups in total. The van der Waals surface area contributed by atoms with Crippen LogP contribution < -0.4 is 0 Å². The quantitative estimate of drug-likeness (QED) is 0.380. The maximum atomic E-state index is 11.2. The molecule has 0 radical (unpaired) electrons. The summed E-state index contributed by atoms with van der Waals surface area (Å²) in [5.74, 6) is 5.19. The van der Waals surface area contributed by atoms with Crippen molar-refractivity contribution in [3.8, 4) is 0 Å². The Bertz CT molecular complexity index is 301. The van der Waals surface area contributed by atoms with E-state index in [4.69, 9.17) is 4.55 Å². The van der Waals surface area contributed by atoms with Gasteiger partial charge < -0.3 is 0 Å². The molecule has 2 unspecified atom stereocenters. The van der Waals surface area contributed by atoms with Gasteiger partial charge in [-0.2, -0.15) is 43.7 Å². The third-order valence-corrected chi connectivity index (χ3v) is 6.95. The largest absolute Gasteiger partial charge is 0.285 e. The molecule has 0 amide bonds. The lowest BCUT2D eigenvalue weighted by atomic mass is 10.2. The van der Waals surface area contributed by atoms with Crippen molar-refractivity contribution in [3.05, 3.63) is 0 Å². The van der Waals surface area contributed by atoms with Crippen LogP contribution in [0.2, 0.25) is 0 Å². The van der Waals surface area contributed by atoms with E-state index < -0.39 is 15.4 Å². The predicted molar refractivity (Wildman–Crippen MR) is 81.1 cm³/mol. The van der Waals surface area contributed by atoms with Gasteiger partial charge in [-0.1, -0.05) is 6.92 Å². The number of hydrogen-bond donors (Lipinski definition) is 1. The molecule has 1 rings (SSSR count). The van der Waals surface area contributed by atoms with Crippen LogP contribution in [0.3, 0.4) is 0 Å². The molecule has 0 saturated carbocycles. The topological polar surface area (TPSA) is 54.4 Å². The van der Waals surface area contributed by atoms with Gasteiger partial charge in [-0.25, -0.2) is 0 Å². The number of rotatable bonds is 10. The highest BCUT2D eigenvalue weighted by atomic mass is 32.2. The first-order valence-corrected chi connectivity index (χ1v) is 10.6. The third kappa shape index (κ3) is 7.87. The van der Waals surface area contributed by atoms with Crippen LogP contribution in [0.1, 0.15) is 19.8 Å². The molecule has 17 heavy (non-hydrogen) atoms. The molecule has 3 nitrogen and oxygen atoms in total. The summed E-state index contributed by atoms with van der Waals surface area (Å²) in [6.45, 7) is 2.14. The Morgan fingerprint density at radius 2 is 2.00 bits per heavy atom. The van der Waals surface area contributed by atoms with Gasteiger partial charge in [0.05, 0.1) is 5.25 Å². The molecule has 0 aromatic rings. The molecule has 0 aliphatic carbocycles. The molecule has 102 valence electrons. The molecule has 0 spiro atoms. The van der Waals surface area contributed by atoms with E-state index in [0.717, 1.165) is 28.8 Å². The van der Waals surface area contributed by atoms with Crippen molar-refractivity contribution in [1.29, 1.82) is 0 Å². The van der Waals surface area contributed by atoms with Gasteiger partial charge in [0.15, 0.2) is 0 Å². The lowest BCUT2D eigenvalue weighted by Gasteiger charge is -2.12. The Morgan fingerprint density at radius 3 is 2.53 bits per heavy atom. The van der Waals surface area contributed by atoms with Crippen LogP contribution >= 0.6 is 35.3 Å². The van der Waals surface area contributed by atoms with Gasteiger partial charge in [-0.3, -0.25) is 4.55 Å². The lowest BCUT2D eigenvalue weighted by Crippen LogP contribution is -2.23. The van der Waals surface area contributed by atoms with Crippen LogP contribution in [0.4, 0.5) is 0 Å². The van der Waals surface area contributed by atoms with E-state index in [2.05, 4.69) is 6.92 Å². The first-order valence-electron chi connectivity index (χ1n) is 5.77. The van der Waals surface area contributed by atoms with E-state index >= 15 is 0 Å². The second kappa shape index (κ2) is 8.19. The van der Waals surface area contributed by atoms with Gasteiger partial charge in [0.1, 0.15) is 0 Å². The SMILES string of the molecule is CCSCCSCCC(CC1CS1)S(=O)(=O)O. The standard InChI is InChI=1S/C10H20O3S4/c1-2-14-5-6-15-4-3-10(17(11,12)13)7-9-8-16-9/h9-10H,2-8H2,1H3,(H,11,12,13). The zero-order valence-electron chi connectivity index (χ0n) is 10.0. The molecule has 1 aliphatic rings. The van der Waals surface area contributed by atoms with Crippen LogP contribution in [0, 0.1) is 0 Å². The van der Waals surface area contributed by atoms with Crippen LogP contribution in [0.5, 0.6) is 0 Å². The predicted octanol–water partition coefficient (Wildman–Crippen LogP) is 2.62. The summed E-state index contributed by atoms with van der Waals surface area (Å²) in [6.07, 6.45) is 1.20. The summed E-state index contributed by atoms with van der Waals surface area (Å²) in [5.41, 5.74) is 0. The van der Waals surface area contributed by atoms with Crippen molar-refractivity contribution in [1.82, 2.24) is 0 Å². The van der Waals surface area contributed by atoms with Crippen molar-refractivity contribution in [2.45, 2.75) is 30.3 Å². The molecular formula is C10H20O3S4. The van der Waals surface area contributed by atoms with Gasteiger partial charge >= 0.3 is 0 Å². The molecule has 0 aromatic heterocycles. The van der Waals surface area contributed by atoms with E-state index in [-0.39, 0.29) is 0 Å². The van der Waals surface area contributed by atoms with E-state index in [1.54, 1.807) is 23.5 Å². The van der Waals surface area contributed by atoms with Gasteiger partial charge in [-0.05, 0) is 24.3 Å². The van der Waals surface area contributed by atoms with Crippen molar-refractivity contribution in [2.75, 3.05) is 28.8 Å². The minimum Gasteiger partial charge on any atom is -0.285 e. The fraction of sp³-hybridized carbons (Fsp3) is 1.00. The summed E-state index contributed by atoms with van der Waals surface area (Å²) in [5, 5.41) is -0.0867. The highest BCUT2D eigenvalue weighted by Crippen LogP contribution is 2.36. The van der Waals surface area contributed by atoms with Gasteiger partial charge in [-0.15, -0.1) is 0 Å². The van der Waals surface area contributed by atoms with Crippen molar-refractivity contribution in [3.63, 3.8) is 0 Å². The van der Waals surface area contributed by atoms with Gasteiger partial charge in [0.2, 0.25) is 0 Å². The van der Waals surface area contributed by atoms with Crippen molar-refractivity contribution >= 4 is 45.4 Å². The number of hydrogen-bond acceptors (Lipinski definition) is 5. The number of thioether (sulfide) groups is 3. The zero-order valence-corrected chi connectivity index (χ0v) is 13.3. The summed E-state index contributed by atoms with van der Waals surface area (Å²) >= 11 is 5.46. The van der Waals surface area contributed by atoms with E-state index in [0.29, 0.717) is 18.1 Å².